The number of methoxy groups -OCH3 is 1. The maximum atomic E-state index is 5.74. The molecule has 8 heteroatoms. The van der Waals surface area contributed by atoms with E-state index in [2.05, 4.69) is 65.5 Å². The second-order valence-corrected chi connectivity index (χ2v) is 11.2. The van der Waals surface area contributed by atoms with Gasteiger partial charge in [0, 0.05) is 30.0 Å². The lowest BCUT2D eigenvalue weighted by molar-refractivity contribution is 0.0579. The molecule has 0 N–H and O–H groups in total. The number of thiazole rings is 1. The summed E-state index contributed by atoms with van der Waals surface area (Å²) in [5.41, 5.74) is 5.45. The van der Waals surface area contributed by atoms with Crippen LogP contribution in [0.5, 0.6) is 5.75 Å². The van der Waals surface area contributed by atoms with E-state index >= 15 is 0 Å². The third-order valence-corrected chi connectivity index (χ3v) is 7.40. The number of rotatable bonds is 5. The average Bonchev–Trinajstić information content (AvgIpc) is 3.49. The number of piperidine rings is 1. The molecule has 1 saturated heterocycles. The molecule has 0 aliphatic carbocycles. The fourth-order valence-electron chi connectivity index (χ4n) is 4.59. The van der Waals surface area contributed by atoms with E-state index in [1.807, 2.05) is 24.0 Å². The topological polar surface area (TPSA) is 64.8 Å². The molecule has 184 valence electrons. The van der Waals surface area contributed by atoms with E-state index in [-0.39, 0.29) is 11.5 Å². The Balaban J connectivity index is 1.37. The van der Waals surface area contributed by atoms with Crippen LogP contribution in [0, 0.1) is 6.92 Å². The van der Waals surface area contributed by atoms with Gasteiger partial charge in [0.1, 0.15) is 12.4 Å². The van der Waals surface area contributed by atoms with E-state index in [4.69, 9.17) is 14.6 Å². The third-order valence-electron chi connectivity index (χ3n) is 6.53. The molecular weight excluding hydrogens is 458 g/mol. The minimum atomic E-state index is 0.0682. The number of aryl methyl sites for hydroxylation is 1. The van der Waals surface area contributed by atoms with Crippen molar-refractivity contribution in [3.8, 4) is 11.4 Å². The lowest BCUT2D eigenvalue weighted by atomic mass is 9.93. The molecule has 0 radical (unpaired) electrons. The second kappa shape index (κ2) is 9.49. The summed E-state index contributed by atoms with van der Waals surface area (Å²) in [7, 11) is 1.70. The second-order valence-electron chi connectivity index (χ2n) is 10.3. The first-order chi connectivity index (χ1) is 16.8. The molecule has 2 aliphatic heterocycles. The van der Waals surface area contributed by atoms with Crippen LogP contribution in [0.4, 0.5) is 0 Å². The molecule has 3 aromatic rings. The number of amidine groups is 1. The molecule has 2 aliphatic rings. The number of benzene rings is 1. The highest BCUT2D eigenvalue weighted by Gasteiger charge is 2.33. The summed E-state index contributed by atoms with van der Waals surface area (Å²) < 4.78 is 7.69. The highest BCUT2D eigenvalue weighted by molar-refractivity contribution is 7.09. The van der Waals surface area contributed by atoms with Gasteiger partial charge in [-0.25, -0.2) is 9.97 Å². The Kier molecular flexibility index (Phi) is 6.40. The Morgan fingerprint density at radius 1 is 1.29 bits per heavy atom. The molecule has 0 bridgehead atoms. The van der Waals surface area contributed by atoms with Crippen LogP contribution < -0.4 is 4.74 Å². The van der Waals surface area contributed by atoms with Gasteiger partial charge in [-0.05, 0) is 49.1 Å². The SMILES string of the molecule is COc1cc(/C=C2\CCCN3C2=NOC[C@@H]3Cc2nc(C(C)(C)C)cs2)ccc1-n1cnc(C)c1. The first-order valence-electron chi connectivity index (χ1n) is 12.1. The monoisotopic (exact) mass is 491 g/mol. The predicted molar refractivity (Wildman–Crippen MR) is 140 cm³/mol. The van der Waals surface area contributed by atoms with Crippen molar-refractivity contribution in [3.63, 3.8) is 0 Å². The number of imidazole rings is 1. The smallest absolute Gasteiger partial charge is 0.171 e. The van der Waals surface area contributed by atoms with E-state index in [9.17, 15) is 0 Å². The molecule has 35 heavy (non-hydrogen) atoms. The van der Waals surface area contributed by atoms with Crippen LogP contribution in [0.25, 0.3) is 11.8 Å². The number of nitrogens with zero attached hydrogens (tertiary/aromatic N) is 5. The number of aromatic nitrogens is 3. The molecule has 1 aromatic carbocycles. The molecule has 0 unspecified atom stereocenters. The van der Waals surface area contributed by atoms with Crippen molar-refractivity contribution in [2.45, 2.75) is 58.4 Å². The fraction of sp³-hybridized carbons (Fsp3) is 0.444. The van der Waals surface area contributed by atoms with Crippen LogP contribution in [0.3, 0.4) is 0 Å². The average molecular weight is 492 g/mol. The summed E-state index contributed by atoms with van der Waals surface area (Å²) in [6.45, 7) is 10.2. The summed E-state index contributed by atoms with van der Waals surface area (Å²) in [5.74, 6) is 1.76. The van der Waals surface area contributed by atoms with Gasteiger partial charge in [0.05, 0.1) is 41.6 Å². The molecule has 5 rings (SSSR count). The zero-order valence-electron chi connectivity index (χ0n) is 21.1. The van der Waals surface area contributed by atoms with Crippen LogP contribution in [0.15, 0.2) is 46.8 Å². The summed E-state index contributed by atoms with van der Waals surface area (Å²) in [6, 6.07) is 6.50. The summed E-state index contributed by atoms with van der Waals surface area (Å²) in [6.07, 6.45) is 8.96. The van der Waals surface area contributed by atoms with E-state index in [1.54, 1.807) is 18.4 Å². The molecule has 2 aromatic heterocycles. The molecule has 1 atom stereocenters. The zero-order valence-corrected chi connectivity index (χ0v) is 21.9. The van der Waals surface area contributed by atoms with E-state index in [0.29, 0.717) is 6.61 Å². The molecule has 1 fully saturated rings. The summed E-state index contributed by atoms with van der Waals surface area (Å²) in [4.78, 5) is 17.4. The molecule has 0 amide bonds. The zero-order chi connectivity index (χ0) is 24.6. The fourth-order valence-corrected chi connectivity index (χ4v) is 5.68. The van der Waals surface area contributed by atoms with Crippen molar-refractivity contribution in [1.29, 1.82) is 0 Å². The van der Waals surface area contributed by atoms with Crippen LogP contribution in [-0.2, 0) is 16.7 Å². The van der Waals surface area contributed by atoms with Gasteiger partial charge >= 0.3 is 0 Å². The number of oxime groups is 1. The van der Waals surface area contributed by atoms with Gasteiger partial charge in [-0.1, -0.05) is 32.0 Å². The lowest BCUT2D eigenvalue weighted by Crippen LogP contribution is -2.50. The minimum Gasteiger partial charge on any atom is -0.495 e. The van der Waals surface area contributed by atoms with Crippen LogP contribution >= 0.6 is 11.3 Å². The van der Waals surface area contributed by atoms with E-state index < -0.39 is 0 Å². The van der Waals surface area contributed by atoms with Gasteiger partial charge in [0.15, 0.2) is 5.84 Å². The number of ether oxygens (including phenoxy) is 1. The van der Waals surface area contributed by atoms with Crippen molar-refractivity contribution in [3.05, 3.63) is 63.6 Å². The van der Waals surface area contributed by atoms with Crippen molar-refractivity contribution >= 4 is 23.2 Å². The molecule has 0 spiro atoms. The van der Waals surface area contributed by atoms with Crippen molar-refractivity contribution in [2.24, 2.45) is 5.16 Å². The van der Waals surface area contributed by atoms with Crippen LogP contribution in [0.1, 0.15) is 55.6 Å². The molecule has 0 saturated carbocycles. The van der Waals surface area contributed by atoms with Crippen LogP contribution in [0.2, 0.25) is 0 Å². The maximum absolute atomic E-state index is 5.74. The molecule has 4 heterocycles. The highest BCUT2D eigenvalue weighted by Crippen LogP contribution is 2.31. The van der Waals surface area contributed by atoms with E-state index in [1.165, 1.54) is 5.57 Å². The standard InChI is InChI=1S/C27H33N5O2S/c1-18-14-31(17-28-18)22-9-8-19(12-23(22)33-5)11-20-7-6-10-32-21(15-34-30-26(20)32)13-25-29-24(16-35-25)27(2,3)4/h8-9,11-12,14,16-17,21H,6-7,10,13,15H2,1-5H3/b20-11+/t21-/m0/s1. The van der Waals surface area contributed by atoms with Gasteiger partial charge in [-0.3, -0.25) is 0 Å². The predicted octanol–water partition coefficient (Wildman–Crippen LogP) is 5.38. The van der Waals surface area contributed by atoms with Crippen molar-refractivity contribution in [1.82, 2.24) is 19.4 Å². The quantitative estimate of drug-likeness (QED) is 0.480. The summed E-state index contributed by atoms with van der Waals surface area (Å²) in [5, 5.41) is 7.84. The summed E-state index contributed by atoms with van der Waals surface area (Å²) >= 11 is 1.75. The van der Waals surface area contributed by atoms with Gasteiger partial charge < -0.3 is 19.0 Å². The van der Waals surface area contributed by atoms with Gasteiger partial charge in [0.2, 0.25) is 0 Å². The number of fused-ring (bicyclic) bond motifs is 1. The lowest BCUT2D eigenvalue weighted by Gasteiger charge is -2.39. The normalized spacial score (nSPS) is 19.3. The molecule has 7 nitrogen and oxygen atoms in total. The van der Waals surface area contributed by atoms with Crippen LogP contribution in [-0.4, -0.2) is 51.6 Å². The van der Waals surface area contributed by atoms with Gasteiger partial charge in [-0.2, -0.15) is 0 Å². The Hall–Kier alpha value is -3.13. The van der Waals surface area contributed by atoms with Gasteiger partial charge in [-0.15, -0.1) is 11.3 Å². The Morgan fingerprint density at radius 3 is 2.86 bits per heavy atom. The maximum Gasteiger partial charge on any atom is 0.171 e. The van der Waals surface area contributed by atoms with E-state index in [0.717, 1.165) is 65.0 Å². The Bertz CT molecular complexity index is 1270. The molecular formula is C27H33N5O2S. The number of hydrogen-bond acceptors (Lipinski definition) is 7. The van der Waals surface area contributed by atoms with Gasteiger partial charge in [0.25, 0.3) is 0 Å². The Morgan fingerprint density at radius 2 is 2.14 bits per heavy atom. The first-order valence-corrected chi connectivity index (χ1v) is 13.0. The highest BCUT2D eigenvalue weighted by atomic mass is 32.1. The first kappa shape index (κ1) is 23.6. The largest absolute Gasteiger partial charge is 0.495 e. The van der Waals surface area contributed by atoms with Crippen molar-refractivity contribution < 1.29 is 9.57 Å². The van der Waals surface area contributed by atoms with Crippen molar-refractivity contribution in [2.75, 3.05) is 20.3 Å². The third kappa shape index (κ3) is 4.98. The Labute approximate surface area is 211 Å². The minimum absolute atomic E-state index is 0.0682. The number of hydrogen-bond donors (Lipinski definition) is 0.